The fourth-order valence-corrected chi connectivity index (χ4v) is 5.21. The average Bonchev–Trinajstić information content (AvgIpc) is 3.21. The molecule has 0 saturated carbocycles. The van der Waals surface area contributed by atoms with Crippen molar-refractivity contribution in [3.63, 3.8) is 0 Å². The van der Waals surface area contributed by atoms with Gasteiger partial charge in [0, 0.05) is 55.2 Å². The van der Waals surface area contributed by atoms with Crippen molar-refractivity contribution in [1.29, 1.82) is 0 Å². The molecule has 1 saturated heterocycles. The maximum absolute atomic E-state index is 6.42. The topological polar surface area (TPSA) is 19.0 Å². The molecule has 3 aromatic carbocycles. The molecule has 0 spiro atoms. The minimum absolute atomic E-state index is 0.504. The predicted octanol–water partition coefficient (Wildman–Crippen LogP) is 6.14. The lowest BCUT2D eigenvalue weighted by atomic mass is 10.1. The second-order valence-corrected chi connectivity index (χ2v) is 9.72. The van der Waals surface area contributed by atoms with E-state index in [0.29, 0.717) is 12.6 Å². The molecule has 1 atom stereocenters. The molecule has 0 bridgehead atoms. The summed E-state index contributed by atoms with van der Waals surface area (Å²) in [4.78, 5) is 7.24. The van der Waals surface area contributed by atoms with Crippen LogP contribution in [0.4, 0.5) is 17.1 Å². The van der Waals surface area contributed by atoms with Crippen LogP contribution in [0.25, 0.3) is 0 Å². The summed E-state index contributed by atoms with van der Waals surface area (Å²) in [6, 6.07) is 24.0. The zero-order chi connectivity index (χ0) is 22.8. The van der Waals surface area contributed by atoms with Gasteiger partial charge in [-0.15, -0.1) is 0 Å². The van der Waals surface area contributed by atoms with Gasteiger partial charge < -0.3 is 14.5 Å². The summed E-state index contributed by atoms with van der Waals surface area (Å²) in [6.07, 6.45) is 3.54. The maximum Gasteiger partial charge on any atom is 0.143 e. The zero-order valence-corrected chi connectivity index (χ0v) is 20.3. The van der Waals surface area contributed by atoms with Crippen molar-refractivity contribution in [3.8, 4) is 5.75 Å². The number of ether oxygens (including phenoxy) is 1. The van der Waals surface area contributed by atoms with Gasteiger partial charge in [-0.2, -0.15) is 0 Å². The Morgan fingerprint density at radius 1 is 1.00 bits per heavy atom. The summed E-state index contributed by atoms with van der Waals surface area (Å²) in [7, 11) is 4.17. The highest BCUT2D eigenvalue weighted by molar-refractivity contribution is 6.31. The zero-order valence-electron chi connectivity index (χ0n) is 19.5. The molecule has 0 unspecified atom stereocenters. The summed E-state index contributed by atoms with van der Waals surface area (Å²) >= 11 is 6.42. The van der Waals surface area contributed by atoms with E-state index in [1.54, 1.807) is 0 Å². The molecule has 0 aromatic heterocycles. The molecule has 0 aliphatic carbocycles. The molecule has 2 aliphatic heterocycles. The van der Waals surface area contributed by atoms with Crippen molar-refractivity contribution in [2.24, 2.45) is 0 Å². The number of benzene rings is 3. The first kappa shape index (κ1) is 22.1. The van der Waals surface area contributed by atoms with E-state index >= 15 is 0 Å². The van der Waals surface area contributed by atoms with Gasteiger partial charge >= 0.3 is 0 Å². The molecular formula is C28H32ClN3O. The van der Waals surface area contributed by atoms with E-state index in [0.717, 1.165) is 42.5 Å². The van der Waals surface area contributed by atoms with Crippen LogP contribution in [-0.2, 0) is 13.0 Å². The van der Waals surface area contributed by atoms with Crippen molar-refractivity contribution in [3.05, 3.63) is 82.9 Å². The first-order valence-electron chi connectivity index (χ1n) is 11.9. The summed E-state index contributed by atoms with van der Waals surface area (Å²) in [5, 5.41) is 0.742. The summed E-state index contributed by atoms with van der Waals surface area (Å²) in [5.41, 5.74) is 6.16. The third kappa shape index (κ3) is 4.83. The minimum atomic E-state index is 0.504. The van der Waals surface area contributed by atoms with Crippen LogP contribution in [0.1, 0.15) is 24.0 Å². The first-order chi connectivity index (χ1) is 16.1. The molecule has 3 aromatic rings. The highest BCUT2D eigenvalue weighted by Crippen LogP contribution is 2.41. The van der Waals surface area contributed by atoms with Crippen LogP contribution < -0.4 is 14.5 Å². The summed E-state index contributed by atoms with van der Waals surface area (Å²) in [5.74, 6) is 0.904. The van der Waals surface area contributed by atoms with E-state index in [2.05, 4.69) is 77.3 Å². The van der Waals surface area contributed by atoms with E-state index in [1.807, 2.05) is 18.2 Å². The number of hydrogen-bond acceptors (Lipinski definition) is 4. The Balaban J connectivity index is 1.35. The van der Waals surface area contributed by atoms with Crippen molar-refractivity contribution in [2.45, 2.75) is 31.9 Å². The Hall–Kier alpha value is -2.69. The summed E-state index contributed by atoms with van der Waals surface area (Å²) in [6.45, 7) is 3.76. The van der Waals surface area contributed by atoms with E-state index in [9.17, 15) is 0 Å². The molecule has 0 N–H and O–H groups in total. The van der Waals surface area contributed by atoms with E-state index < -0.39 is 0 Å². The third-order valence-electron chi connectivity index (χ3n) is 6.91. The molecule has 0 amide bonds. The molecule has 5 heteroatoms. The fourth-order valence-electron chi connectivity index (χ4n) is 5.04. The number of fused-ring (bicyclic) bond motifs is 2. The van der Waals surface area contributed by atoms with Gasteiger partial charge in [-0.1, -0.05) is 41.9 Å². The van der Waals surface area contributed by atoms with Gasteiger partial charge in [0.25, 0.3) is 0 Å². The monoisotopic (exact) mass is 461 g/mol. The number of likely N-dealkylation sites (tertiary alicyclic amines) is 1. The van der Waals surface area contributed by atoms with Crippen LogP contribution in [0.3, 0.4) is 0 Å². The predicted molar refractivity (Wildman–Crippen MR) is 138 cm³/mol. The second kappa shape index (κ2) is 9.66. The fraction of sp³-hybridized carbons (Fsp3) is 0.357. The number of hydrogen-bond donors (Lipinski definition) is 0. The van der Waals surface area contributed by atoms with Gasteiger partial charge in [0.05, 0.1) is 5.69 Å². The first-order valence-corrected chi connectivity index (χ1v) is 12.2. The SMILES string of the molecule is CN(C)c1ccc(CCN2CCC[C@@H]2CN2c3ccccc3COc3ccc(Cl)cc32)cc1. The van der Waals surface area contributed by atoms with Crippen molar-refractivity contribution < 1.29 is 4.74 Å². The number of rotatable bonds is 6. The Morgan fingerprint density at radius 2 is 1.82 bits per heavy atom. The number of para-hydroxylation sites is 1. The highest BCUT2D eigenvalue weighted by atomic mass is 35.5. The lowest BCUT2D eigenvalue weighted by Gasteiger charge is -2.33. The highest BCUT2D eigenvalue weighted by Gasteiger charge is 2.30. The van der Waals surface area contributed by atoms with E-state index in [-0.39, 0.29) is 0 Å². The molecular weight excluding hydrogens is 430 g/mol. The Bertz CT molecular complexity index is 1100. The third-order valence-corrected chi connectivity index (χ3v) is 7.15. The molecule has 1 fully saturated rings. The summed E-state index contributed by atoms with van der Waals surface area (Å²) < 4.78 is 6.17. The van der Waals surface area contributed by atoms with Gasteiger partial charge in [0.1, 0.15) is 12.4 Å². The quantitative estimate of drug-likeness (QED) is 0.438. The average molecular weight is 462 g/mol. The van der Waals surface area contributed by atoms with Crippen molar-refractivity contribution in [1.82, 2.24) is 4.90 Å². The molecule has 172 valence electrons. The van der Waals surface area contributed by atoms with Gasteiger partial charge in [-0.05, 0) is 67.8 Å². The van der Waals surface area contributed by atoms with Crippen LogP contribution in [0, 0.1) is 0 Å². The normalized spacial score (nSPS) is 17.8. The number of anilines is 3. The number of nitrogens with zero attached hydrogens (tertiary/aromatic N) is 3. The smallest absolute Gasteiger partial charge is 0.143 e. The van der Waals surface area contributed by atoms with Crippen LogP contribution in [-0.4, -0.2) is 44.7 Å². The lowest BCUT2D eigenvalue weighted by Crippen LogP contribution is -2.39. The van der Waals surface area contributed by atoms with Crippen molar-refractivity contribution >= 4 is 28.7 Å². The van der Waals surface area contributed by atoms with Gasteiger partial charge in [-0.3, -0.25) is 4.90 Å². The number of halogens is 1. The Labute approximate surface area is 202 Å². The van der Waals surface area contributed by atoms with Gasteiger partial charge in [0.2, 0.25) is 0 Å². The molecule has 33 heavy (non-hydrogen) atoms. The van der Waals surface area contributed by atoms with Crippen LogP contribution >= 0.6 is 11.6 Å². The standard InChI is InChI=1S/C28H32ClN3O/c1-30(2)24-12-9-21(10-13-24)15-17-31-16-5-7-25(31)19-32-26-8-4-3-6-22(26)20-33-28-14-11-23(29)18-27(28)32/h3-4,6,8-14,18,25H,5,7,15-17,19-20H2,1-2H3/t25-/m1/s1. The van der Waals surface area contributed by atoms with Crippen LogP contribution in [0.2, 0.25) is 5.02 Å². The molecule has 4 nitrogen and oxygen atoms in total. The maximum atomic E-state index is 6.42. The largest absolute Gasteiger partial charge is 0.487 e. The molecule has 5 rings (SSSR count). The van der Waals surface area contributed by atoms with Gasteiger partial charge in [-0.25, -0.2) is 0 Å². The van der Waals surface area contributed by atoms with Crippen molar-refractivity contribution in [2.75, 3.05) is 43.5 Å². The molecule has 0 radical (unpaired) electrons. The van der Waals surface area contributed by atoms with Crippen LogP contribution in [0.5, 0.6) is 5.75 Å². The second-order valence-electron chi connectivity index (χ2n) is 9.28. The van der Waals surface area contributed by atoms with E-state index in [4.69, 9.17) is 16.3 Å². The lowest BCUT2D eigenvalue weighted by molar-refractivity contribution is 0.261. The van der Waals surface area contributed by atoms with Crippen LogP contribution in [0.15, 0.2) is 66.7 Å². The molecule has 2 aliphatic rings. The Kier molecular flexibility index (Phi) is 6.48. The van der Waals surface area contributed by atoms with E-state index in [1.165, 1.54) is 35.3 Å². The molecule has 2 heterocycles. The Morgan fingerprint density at radius 3 is 2.64 bits per heavy atom. The minimum Gasteiger partial charge on any atom is -0.487 e. The van der Waals surface area contributed by atoms with Gasteiger partial charge in [0.15, 0.2) is 0 Å².